The van der Waals surface area contributed by atoms with E-state index in [1.54, 1.807) is 23.2 Å². The van der Waals surface area contributed by atoms with E-state index in [1.165, 1.54) is 0 Å². The van der Waals surface area contributed by atoms with Gasteiger partial charge in [-0.15, -0.1) is 0 Å². The van der Waals surface area contributed by atoms with Crippen molar-refractivity contribution in [3.05, 3.63) is 77.4 Å². The Bertz CT molecular complexity index is 1340. The molecule has 0 saturated carbocycles. The Labute approximate surface area is 203 Å². The van der Waals surface area contributed by atoms with Gasteiger partial charge >= 0.3 is 0 Å². The zero-order valence-electron chi connectivity index (χ0n) is 18.8. The fourth-order valence-corrected chi connectivity index (χ4v) is 4.77. The molecule has 0 spiro atoms. The molecule has 174 valence electrons. The molecule has 1 saturated heterocycles. The van der Waals surface area contributed by atoms with Crippen LogP contribution in [0.25, 0.3) is 21.7 Å². The predicted molar refractivity (Wildman–Crippen MR) is 138 cm³/mol. The Morgan fingerprint density at radius 3 is 2.62 bits per heavy atom. The van der Waals surface area contributed by atoms with Crippen molar-refractivity contribution in [2.75, 3.05) is 31.1 Å². The lowest BCUT2D eigenvalue weighted by Crippen LogP contribution is -2.43. The van der Waals surface area contributed by atoms with Gasteiger partial charge in [0.2, 0.25) is 5.91 Å². The van der Waals surface area contributed by atoms with Crippen LogP contribution in [0.4, 0.5) is 5.69 Å². The van der Waals surface area contributed by atoms with Crippen LogP contribution in [-0.4, -0.2) is 43.0 Å². The van der Waals surface area contributed by atoms with E-state index >= 15 is 0 Å². The second-order valence-electron chi connectivity index (χ2n) is 8.82. The SMILES string of the molecule is O=C(CN(C(=O)c1ccc2c(Cl)c[nH]c2c1)c1ccc2ccccc2c1)NCC1CCNCC1. The van der Waals surface area contributed by atoms with Gasteiger partial charge in [-0.25, -0.2) is 0 Å². The van der Waals surface area contributed by atoms with Gasteiger partial charge in [0.05, 0.1) is 5.02 Å². The molecule has 0 atom stereocenters. The molecule has 1 aromatic heterocycles. The molecule has 2 heterocycles. The Balaban J connectivity index is 1.42. The standard InChI is InChI=1S/C27H27ClN4O2/c28-24-16-30-25-14-21(6-8-23(24)25)27(34)32(17-26(33)31-15-18-9-11-29-12-10-18)22-7-5-19-3-1-2-4-20(19)13-22/h1-8,13-14,16,18,29-30H,9-12,15,17H2,(H,31,33). The number of nitrogens with one attached hydrogen (secondary N) is 3. The van der Waals surface area contributed by atoms with Crippen LogP contribution in [-0.2, 0) is 4.79 Å². The molecule has 7 heteroatoms. The van der Waals surface area contributed by atoms with Crippen molar-refractivity contribution >= 4 is 50.8 Å². The van der Waals surface area contributed by atoms with Crippen LogP contribution in [0.2, 0.25) is 5.02 Å². The van der Waals surface area contributed by atoms with E-state index in [4.69, 9.17) is 11.6 Å². The zero-order chi connectivity index (χ0) is 23.5. The molecule has 0 aliphatic carbocycles. The summed E-state index contributed by atoms with van der Waals surface area (Å²) >= 11 is 6.20. The number of aromatic nitrogens is 1. The van der Waals surface area contributed by atoms with E-state index in [1.807, 2.05) is 48.5 Å². The van der Waals surface area contributed by atoms with Gasteiger partial charge in [-0.3, -0.25) is 14.5 Å². The third kappa shape index (κ3) is 4.79. The lowest BCUT2D eigenvalue weighted by atomic mass is 9.98. The summed E-state index contributed by atoms with van der Waals surface area (Å²) in [5, 5.41) is 9.95. The van der Waals surface area contributed by atoms with Crippen molar-refractivity contribution in [2.45, 2.75) is 12.8 Å². The van der Waals surface area contributed by atoms with E-state index in [2.05, 4.69) is 15.6 Å². The van der Waals surface area contributed by atoms with Gasteiger partial charge < -0.3 is 15.6 Å². The number of rotatable bonds is 6. The fraction of sp³-hybridized carbons (Fsp3) is 0.259. The number of aromatic amines is 1. The molecule has 3 N–H and O–H groups in total. The van der Waals surface area contributed by atoms with Crippen LogP contribution in [0.1, 0.15) is 23.2 Å². The number of H-pyrrole nitrogens is 1. The maximum absolute atomic E-state index is 13.7. The smallest absolute Gasteiger partial charge is 0.258 e. The van der Waals surface area contributed by atoms with Gasteiger partial charge in [0.1, 0.15) is 6.54 Å². The normalized spacial score (nSPS) is 14.4. The second-order valence-corrected chi connectivity index (χ2v) is 9.22. The van der Waals surface area contributed by atoms with Crippen molar-refractivity contribution < 1.29 is 9.59 Å². The number of anilines is 1. The van der Waals surface area contributed by atoms with E-state index < -0.39 is 0 Å². The predicted octanol–water partition coefficient (Wildman–Crippen LogP) is 4.74. The highest BCUT2D eigenvalue weighted by molar-refractivity contribution is 6.35. The largest absolute Gasteiger partial charge is 0.360 e. The highest BCUT2D eigenvalue weighted by Gasteiger charge is 2.23. The average molecular weight is 475 g/mol. The first-order chi connectivity index (χ1) is 16.6. The van der Waals surface area contributed by atoms with Crippen molar-refractivity contribution in [1.29, 1.82) is 0 Å². The molecule has 1 aliphatic heterocycles. The number of amides is 2. The van der Waals surface area contributed by atoms with Crippen LogP contribution < -0.4 is 15.5 Å². The summed E-state index contributed by atoms with van der Waals surface area (Å²) in [6.45, 7) is 2.54. The molecule has 6 nitrogen and oxygen atoms in total. The number of carbonyl (C=O) groups excluding carboxylic acids is 2. The van der Waals surface area contributed by atoms with E-state index in [0.717, 1.165) is 47.6 Å². The minimum Gasteiger partial charge on any atom is -0.360 e. The van der Waals surface area contributed by atoms with E-state index in [-0.39, 0.29) is 18.4 Å². The molecule has 34 heavy (non-hydrogen) atoms. The Morgan fingerprint density at radius 2 is 1.79 bits per heavy atom. The van der Waals surface area contributed by atoms with Crippen molar-refractivity contribution in [3.8, 4) is 0 Å². The number of halogens is 1. The molecule has 1 aliphatic rings. The maximum atomic E-state index is 13.7. The molecule has 3 aromatic carbocycles. The number of carbonyl (C=O) groups is 2. The first-order valence-electron chi connectivity index (χ1n) is 11.6. The van der Waals surface area contributed by atoms with Gasteiger partial charge in [0.25, 0.3) is 5.91 Å². The lowest BCUT2D eigenvalue weighted by Gasteiger charge is -2.25. The highest BCUT2D eigenvalue weighted by Crippen LogP contribution is 2.27. The molecule has 0 radical (unpaired) electrons. The van der Waals surface area contributed by atoms with Crippen LogP contribution in [0.5, 0.6) is 0 Å². The number of hydrogen-bond donors (Lipinski definition) is 3. The molecule has 1 fully saturated rings. The Hall–Kier alpha value is -3.35. The van der Waals surface area contributed by atoms with Gasteiger partial charge in [-0.2, -0.15) is 0 Å². The molecular formula is C27H27ClN4O2. The monoisotopic (exact) mass is 474 g/mol. The van der Waals surface area contributed by atoms with Crippen LogP contribution in [0.3, 0.4) is 0 Å². The minimum absolute atomic E-state index is 0.0499. The van der Waals surface area contributed by atoms with Gasteiger partial charge in [-0.1, -0.05) is 48.0 Å². The number of benzene rings is 3. The molecule has 2 amide bonds. The summed E-state index contributed by atoms with van der Waals surface area (Å²) in [7, 11) is 0. The zero-order valence-corrected chi connectivity index (χ0v) is 19.6. The van der Waals surface area contributed by atoms with Crippen molar-refractivity contribution in [1.82, 2.24) is 15.6 Å². The number of fused-ring (bicyclic) bond motifs is 2. The first kappa shape index (κ1) is 22.4. The van der Waals surface area contributed by atoms with Crippen LogP contribution >= 0.6 is 11.6 Å². The highest BCUT2D eigenvalue weighted by atomic mass is 35.5. The molecule has 0 bridgehead atoms. The van der Waals surface area contributed by atoms with Crippen molar-refractivity contribution in [2.24, 2.45) is 5.92 Å². The van der Waals surface area contributed by atoms with Crippen LogP contribution in [0.15, 0.2) is 66.9 Å². The Morgan fingerprint density at radius 1 is 1.00 bits per heavy atom. The summed E-state index contributed by atoms with van der Waals surface area (Å²) in [5.41, 5.74) is 1.96. The summed E-state index contributed by atoms with van der Waals surface area (Å²) in [5.74, 6) is 0.0685. The average Bonchev–Trinajstić information content (AvgIpc) is 3.26. The maximum Gasteiger partial charge on any atom is 0.258 e. The van der Waals surface area contributed by atoms with Gasteiger partial charge in [-0.05, 0) is 66.9 Å². The van der Waals surface area contributed by atoms with E-state index in [9.17, 15) is 9.59 Å². The summed E-state index contributed by atoms with van der Waals surface area (Å²) in [4.78, 5) is 31.3. The third-order valence-electron chi connectivity index (χ3n) is 6.52. The number of nitrogens with zero attached hydrogens (tertiary/aromatic N) is 1. The summed E-state index contributed by atoms with van der Waals surface area (Å²) < 4.78 is 0. The molecule has 5 rings (SSSR count). The van der Waals surface area contributed by atoms with Crippen LogP contribution in [0, 0.1) is 5.92 Å². The summed E-state index contributed by atoms with van der Waals surface area (Å²) in [6.07, 6.45) is 3.80. The number of hydrogen-bond acceptors (Lipinski definition) is 3. The minimum atomic E-state index is -0.236. The van der Waals surface area contributed by atoms with Crippen molar-refractivity contribution in [3.63, 3.8) is 0 Å². The van der Waals surface area contributed by atoms with Gasteiger partial charge in [0.15, 0.2) is 0 Å². The molecule has 4 aromatic rings. The van der Waals surface area contributed by atoms with Gasteiger partial charge in [0, 0.05) is 34.9 Å². The summed E-state index contributed by atoms with van der Waals surface area (Å²) in [6, 6.07) is 19.2. The lowest BCUT2D eigenvalue weighted by molar-refractivity contribution is -0.119. The first-order valence-corrected chi connectivity index (χ1v) is 12.0. The number of piperidine rings is 1. The quantitative estimate of drug-likeness (QED) is 0.378. The topological polar surface area (TPSA) is 77.2 Å². The fourth-order valence-electron chi connectivity index (χ4n) is 4.55. The van der Waals surface area contributed by atoms with E-state index in [0.29, 0.717) is 28.7 Å². The second kappa shape index (κ2) is 9.87. The third-order valence-corrected chi connectivity index (χ3v) is 6.83. The Kier molecular flexibility index (Phi) is 6.52. The molecule has 0 unspecified atom stereocenters. The molecular weight excluding hydrogens is 448 g/mol.